The van der Waals surface area contributed by atoms with E-state index in [9.17, 15) is 22.0 Å². The van der Waals surface area contributed by atoms with E-state index in [4.69, 9.17) is 15.2 Å². The molecule has 0 amide bonds. The Morgan fingerprint density at radius 2 is 1.71 bits per heavy atom. The zero-order chi connectivity index (χ0) is 15.6. The molecule has 0 fully saturated rings. The fourth-order valence-corrected chi connectivity index (χ4v) is 1.54. The minimum Gasteiger partial charge on any atom is -0.493 e. The van der Waals surface area contributed by atoms with Crippen LogP contribution in [0.4, 0.5) is 22.0 Å². The standard InChI is InChI=1S/C12H14F5NO2.ClH/c1-3-20-9-6-7(4-5-8(9)19-2)10(18)11(13,14)12(15,16)17;/h4-6,10H,3,18H2,1-2H3;1H/t10-;/m1./s1. The van der Waals surface area contributed by atoms with E-state index in [1.54, 1.807) is 6.92 Å². The van der Waals surface area contributed by atoms with Crippen molar-refractivity contribution in [1.29, 1.82) is 0 Å². The largest absolute Gasteiger partial charge is 0.493 e. The number of methoxy groups -OCH3 is 1. The molecule has 2 N–H and O–H groups in total. The summed E-state index contributed by atoms with van der Waals surface area (Å²) in [5, 5.41) is 0. The van der Waals surface area contributed by atoms with Gasteiger partial charge in [0.05, 0.1) is 13.7 Å². The molecule has 0 aliphatic rings. The molecule has 1 rings (SSSR count). The highest BCUT2D eigenvalue weighted by molar-refractivity contribution is 5.85. The molecule has 0 aliphatic carbocycles. The molecule has 1 atom stereocenters. The molecule has 0 aliphatic heterocycles. The van der Waals surface area contributed by atoms with E-state index in [0.717, 1.165) is 12.1 Å². The normalized spacial score (nSPS) is 13.3. The van der Waals surface area contributed by atoms with Crippen LogP contribution < -0.4 is 15.2 Å². The van der Waals surface area contributed by atoms with Crippen LogP contribution in [0.2, 0.25) is 0 Å². The Morgan fingerprint density at radius 1 is 1.14 bits per heavy atom. The zero-order valence-electron chi connectivity index (χ0n) is 11.2. The molecule has 3 nitrogen and oxygen atoms in total. The van der Waals surface area contributed by atoms with Crippen molar-refractivity contribution in [2.24, 2.45) is 5.73 Å². The second-order valence-electron chi connectivity index (χ2n) is 3.94. The van der Waals surface area contributed by atoms with Gasteiger partial charge in [0.1, 0.15) is 6.04 Å². The molecule has 0 bridgehead atoms. The Kier molecular flexibility index (Phi) is 6.69. The number of rotatable bonds is 5. The summed E-state index contributed by atoms with van der Waals surface area (Å²) in [5.74, 6) is -4.76. The van der Waals surface area contributed by atoms with Crippen LogP contribution in [0.3, 0.4) is 0 Å². The smallest absolute Gasteiger partial charge is 0.455 e. The van der Waals surface area contributed by atoms with Crippen LogP contribution in [-0.4, -0.2) is 25.8 Å². The van der Waals surface area contributed by atoms with Gasteiger partial charge in [0.15, 0.2) is 11.5 Å². The maximum Gasteiger partial charge on any atom is 0.455 e. The van der Waals surface area contributed by atoms with Crippen LogP contribution in [-0.2, 0) is 0 Å². The highest BCUT2D eigenvalue weighted by Gasteiger charge is 2.61. The van der Waals surface area contributed by atoms with Crippen LogP contribution in [0.15, 0.2) is 18.2 Å². The maximum absolute atomic E-state index is 13.2. The first-order valence-corrected chi connectivity index (χ1v) is 5.66. The zero-order valence-corrected chi connectivity index (χ0v) is 12.0. The molecule has 0 heterocycles. The summed E-state index contributed by atoms with van der Waals surface area (Å²) in [4.78, 5) is 0. The minimum atomic E-state index is -5.72. The summed E-state index contributed by atoms with van der Waals surface area (Å²) in [6.07, 6.45) is -5.72. The average molecular weight is 336 g/mol. The first-order chi connectivity index (χ1) is 9.15. The van der Waals surface area contributed by atoms with Gasteiger partial charge in [-0.05, 0) is 24.6 Å². The quantitative estimate of drug-likeness (QED) is 0.834. The molecule has 1 aromatic rings. The third-order valence-corrected chi connectivity index (χ3v) is 2.62. The number of hydrogen-bond acceptors (Lipinski definition) is 3. The van der Waals surface area contributed by atoms with Crippen LogP contribution in [0, 0.1) is 0 Å². The van der Waals surface area contributed by atoms with Gasteiger partial charge in [-0.1, -0.05) is 6.07 Å². The Morgan fingerprint density at radius 3 is 2.14 bits per heavy atom. The van der Waals surface area contributed by atoms with Crippen molar-refractivity contribution in [1.82, 2.24) is 0 Å². The van der Waals surface area contributed by atoms with Crippen molar-refractivity contribution in [3.05, 3.63) is 23.8 Å². The molecule has 0 saturated heterocycles. The van der Waals surface area contributed by atoms with E-state index < -0.39 is 23.7 Å². The van der Waals surface area contributed by atoms with E-state index >= 15 is 0 Å². The van der Waals surface area contributed by atoms with E-state index in [1.165, 1.54) is 13.2 Å². The minimum absolute atomic E-state index is 0. The van der Waals surface area contributed by atoms with Gasteiger partial charge in [-0.3, -0.25) is 0 Å². The number of nitrogens with two attached hydrogens (primary N) is 1. The molecular formula is C12H15ClF5NO2. The summed E-state index contributed by atoms with van der Waals surface area (Å²) >= 11 is 0. The molecule has 0 spiro atoms. The number of benzene rings is 1. The Labute approximate surface area is 124 Å². The highest BCUT2D eigenvalue weighted by Crippen LogP contribution is 2.44. The second-order valence-corrected chi connectivity index (χ2v) is 3.94. The monoisotopic (exact) mass is 335 g/mol. The van der Waals surface area contributed by atoms with Crippen molar-refractivity contribution in [3.8, 4) is 11.5 Å². The van der Waals surface area contributed by atoms with Gasteiger partial charge in [0.25, 0.3) is 0 Å². The number of ether oxygens (including phenoxy) is 2. The third kappa shape index (κ3) is 4.10. The topological polar surface area (TPSA) is 44.5 Å². The fraction of sp³-hybridized carbons (Fsp3) is 0.500. The van der Waals surface area contributed by atoms with Gasteiger partial charge in [-0.25, -0.2) is 0 Å². The first kappa shape index (κ1) is 19.7. The highest BCUT2D eigenvalue weighted by atomic mass is 35.5. The maximum atomic E-state index is 13.2. The van der Waals surface area contributed by atoms with E-state index in [2.05, 4.69) is 0 Å². The number of hydrogen-bond donors (Lipinski definition) is 1. The Hall–Kier alpha value is -1.28. The summed E-state index contributed by atoms with van der Waals surface area (Å²) < 4.78 is 73.2. The van der Waals surface area contributed by atoms with Gasteiger partial charge < -0.3 is 15.2 Å². The number of alkyl halides is 5. The first-order valence-electron chi connectivity index (χ1n) is 5.66. The Bertz CT molecular complexity index is 467. The molecule has 21 heavy (non-hydrogen) atoms. The van der Waals surface area contributed by atoms with Crippen molar-refractivity contribution in [2.45, 2.75) is 25.1 Å². The second kappa shape index (κ2) is 7.13. The predicted molar refractivity (Wildman–Crippen MR) is 69.3 cm³/mol. The molecule has 0 unspecified atom stereocenters. The van der Waals surface area contributed by atoms with E-state index in [-0.39, 0.29) is 30.5 Å². The lowest BCUT2D eigenvalue weighted by molar-refractivity contribution is -0.291. The van der Waals surface area contributed by atoms with Crippen LogP contribution in [0.5, 0.6) is 11.5 Å². The van der Waals surface area contributed by atoms with Crippen molar-refractivity contribution in [2.75, 3.05) is 13.7 Å². The van der Waals surface area contributed by atoms with Gasteiger partial charge in [0, 0.05) is 0 Å². The SMILES string of the molecule is CCOc1cc([C@@H](N)C(F)(F)C(F)(F)F)ccc1OC.Cl. The van der Waals surface area contributed by atoms with Crippen LogP contribution >= 0.6 is 12.4 Å². The van der Waals surface area contributed by atoms with Gasteiger partial charge in [-0.15, -0.1) is 12.4 Å². The lowest BCUT2D eigenvalue weighted by Crippen LogP contribution is -2.45. The molecule has 0 radical (unpaired) electrons. The summed E-state index contributed by atoms with van der Waals surface area (Å²) in [5.41, 5.74) is 4.66. The van der Waals surface area contributed by atoms with E-state index in [1.807, 2.05) is 0 Å². The van der Waals surface area contributed by atoms with Gasteiger partial charge >= 0.3 is 12.1 Å². The molecule has 1 aromatic carbocycles. The fourth-order valence-electron chi connectivity index (χ4n) is 1.54. The lowest BCUT2D eigenvalue weighted by atomic mass is 10.0. The Balaban J connectivity index is 0.00000400. The summed E-state index contributed by atoms with van der Waals surface area (Å²) in [7, 11) is 1.32. The summed E-state index contributed by atoms with van der Waals surface area (Å²) in [6, 6.07) is 0.776. The third-order valence-electron chi connectivity index (χ3n) is 2.62. The molecule has 122 valence electrons. The van der Waals surface area contributed by atoms with E-state index in [0.29, 0.717) is 0 Å². The molecule has 0 aromatic heterocycles. The van der Waals surface area contributed by atoms with Crippen molar-refractivity contribution in [3.63, 3.8) is 0 Å². The van der Waals surface area contributed by atoms with Crippen LogP contribution in [0.25, 0.3) is 0 Å². The lowest BCUT2D eigenvalue weighted by Gasteiger charge is -2.26. The van der Waals surface area contributed by atoms with Crippen LogP contribution in [0.1, 0.15) is 18.5 Å². The van der Waals surface area contributed by atoms with Crippen molar-refractivity contribution < 1.29 is 31.4 Å². The predicted octanol–water partition coefficient (Wildman–Crippen LogP) is 3.71. The average Bonchev–Trinajstić information content (AvgIpc) is 2.36. The van der Waals surface area contributed by atoms with Crippen molar-refractivity contribution >= 4 is 12.4 Å². The summed E-state index contributed by atoms with van der Waals surface area (Å²) in [6.45, 7) is 1.83. The van der Waals surface area contributed by atoms with Gasteiger partial charge in [0.2, 0.25) is 0 Å². The molecule has 9 heteroatoms. The molecule has 0 saturated carbocycles. The number of halogens is 6. The molecular weight excluding hydrogens is 321 g/mol. The van der Waals surface area contributed by atoms with Gasteiger partial charge in [-0.2, -0.15) is 22.0 Å².